The van der Waals surface area contributed by atoms with Crippen LogP contribution in [-0.2, 0) is 11.2 Å². The van der Waals surface area contributed by atoms with Crippen molar-refractivity contribution >= 4 is 18.3 Å². The molecule has 1 aliphatic rings. The van der Waals surface area contributed by atoms with E-state index in [1.807, 2.05) is 12.1 Å². The average Bonchev–Trinajstić information content (AvgIpc) is 2.95. The number of nitrogens with one attached hydrogen (secondary N) is 1. The first-order valence-corrected chi connectivity index (χ1v) is 9.26. The first-order chi connectivity index (χ1) is 13.9. The van der Waals surface area contributed by atoms with Gasteiger partial charge in [0.25, 0.3) is 0 Å². The zero-order valence-corrected chi connectivity index (χ0v) is 18.5. The second kappa shape index (κ2) is 9.71. The van der Waals surface area contributed by atoms with Crippen LogP contribution in [-0.4, -0.2) is 34.3 Å². The fourth-order valence-electron chi connectivity index (χ4n) is 3.86. The summed E-state index contributed by atoms with van der Waals surface area (Å²) in [6.45, 7) is 1.46. The van der Waals surface area contributed by atoms with E-state index in [0.717, 1.165) is 16.7 Å². The summed E-state index contributed by atoms with van der Waals surface area (Å²) in [6, 6.07) is 6.57. The summed E-state index contributed by atoms with van der Waals surface area (Å²) in [5.74, 6) is 1.60. The largest absolute Gasteiger partial charge is 0.493 e. The third-order valence-electron chi connectivity index (χ3n) is 5.10. The topological polar surface area (TPSA) is 83.1 Å². The van der Waals surface area contributed by atoms with Gasteiger partial charge in [-0.2, -0.15) is 0 Å². The molecule has 2 aromatic rings. The number of hydrogen-bond acceptors (Lipinski definition) is 6. The lowest BCUT2D eigenvalue weighted by molar-refractivity contribution is -0.119. The number of benzene rings is 1. The van der Waals surface area contributed by atoms with Crippen LogP contribution in [0.1, 0.15) is 30.5 Å². The molecule has 1 atom stereocenters. The fourth-order valence-corrected chi connectivity index (χ4v) is 3.86. The Kier molecular flexibility index (Phi) is 7.56. The minimum atomic E-state index is -0.332. The number of aryl methyl sites for hydroxylation is 1. The zero-order chi connectivity index (χ0) is 21.1. The first-order valence-electron chi connectivity index (χ1n) is 9.26. The molecular formula is C22H26ClNO6. The molecule has 3 rings (SSSR count). The number of halogens is 1. The van der Waals surface area contributed by atoms with E-state index < -0.39 is 0 Å². The number of fused-ring (bicyclic) bond motifs is 3. The molecule has 8 heteroatoms. The normalized spacial score (nSPS) is 14.2. The summed E-state index contributed by atoms with van der Waals surface area (Å²) in [5, 5.41) is 2.96. The highest BCUT2D eigenvalue weighted by atomic mass is 35.5. The Morgan fingerprint density at radius 2 is 1.63 bits per heavy atom. The van der Waals surface area contributed by atoms with Crippen LogP contribution in [0.4, 0.5) is 0 Å². The van der Waals surface area contributed by atoms with E-state index in [1.165, 1.54) is 20.1 Å². The van der Waals surface area contributed by atoms with E-state index in [2.05, 4.69) is 5.32 Å². The summed E-state index contributed by atoms with van der Waals surface area (Å²) in [7, 11) is 6.14. The maximum absolute atomic E-state index is 12.6. The first kappa shape index (κ1) is 23.3. The molecule has 1 aliphatic carbocycles. The molecule has 0 aliphatic heterocycles. The summed E-state index contributed by atoms with van der Waals surface area (Å²) in [4.78, 5) is 24.5. The Morgan fingerprint density at radius 3 is 2.20 bits per heavy atom. The van der Waals surface area contributed by atoms with Crippen LogP contribution in [0.15, 0.2) is 29.1 Å². The van der Waals surface area contributed by atoms with Crippen molar-refractivity contribution in [1.29, 1.82) is 0 Å². The van der Waals surface area contributed by atoms with Crippen molar-refractivity contribution in [2.24, 2.45) is 0 Å². The van der Waals surface area contributed by atoms with E-state index in [4.69, 9.17) is 18.9 Å². The van der Waals surface area contributed by atoms with Gasteiger partial charge in [0, 0.05) is 12.5 Å². The second-order valence-electron chi connectivity index (χ2n) is 6.75. The quantitative estimate of drug-likeness (QED) is 0.775. The highest BCUT2D eigenvalue weighted by Crippen LogP contribution is 2.50. The summed E-state index contributed by atoms with van der Waals surface area (Å²) >= 11 is 0. The number of methoxy groups -OCH3 is 4. The van der Waals surface area contributed by atoms with Crippen LogP contribution in [0.2, 0.25) is 0 Å². The SMILES string of the molecule is COc1cc2c(c(OC)c1OC)-c1ccc(OC)c(=O)cc1[C@@H](NC(C)=O)CC2.Cl. The molecule has 0 aromatic heterocycles. The number of carbonyl (C=O) groups is 1. The molecule has 0 bridgehead atoms. The molecule has 1 amide bonds. The molecule has 0 radical (unpaired) electrons. The number of amides is 1. The van der Waals surface area contributed by atoms with Crippen LogP contribution < -0.4 is 29.7 Å². The molecule has 0 heterocycles. The third kappa shape index (κ3) is 4.16. The van der Waals surface area contributed by atoms with Gasteiger partial charge in [0.2, 0.25) is 17.1 Å². The molecule has 0 saturated carbocycles. The highest BCUT2D eigenvalue weighted by molar-refractivity contribution is 5.85. The molecule has 1 N–H and O–H groups in total. The molecular weight excluding hydrogens is 410 g/mol. The predicted octanol–water partition coefficient (Wildman–Crippen LogP) is 3.29. The van der Waals surface area contributed by atoms with E-state index in [9.17, 15) is 9.59 Å². The Balaban J connectivity index is 0.00000320. The van der Waals surface area contributed by atoms with Gasteiger partial charge in [-0.25, -0.2) is 0 Å². The van der Waals surface area contributed by atoms with Gasteiger partial charge < -0.3 is 24.3 Å². The summed E-state index contributed by atoms with van der Waals surface area (Å²) in [5.41, 5.74) is 3.01. The Morgan fingerprint density at radius 1 is 0.967 bits per heavy atom. The summed E-state index contributed by atoms with van der Waals surface area (Å²) < 4.78 is 22.0. The molecule has 0 fully saturated rings. The van der Waals surface area contributed by atoms with E-state index >= 15 is 0 Å². The van der Waals surface area contributed by atoms with Crippen LogP contribution >= 0.6 is 12.4 Å². The third-order valence-corrected chi connectivity index (χ3v) is 5.10. The van der Waals surface area contributed by atoms with Crippen molar-refractivity contribution in [2.45, 2.75) is 25.8 Å². The lowest BCUT2D eigenvalue weighted by Crippen LogP contribution is -2.26. The van der Waals surface area contributed by atoms with Crippen molar-refractivity contribution in [3.63, 3.8) is 0 Å². The van der Waals surface area contributed by atoms with Crippen LogP contribution in [0.3, 0.4) is 0 Å². The van der Waals surface area contributed by atoms with Gasteiger partial charge in [-0.15, -0.1) is 12.4 Å². The fraction of sp³-hybridized carbons (Fsp3) is 0.364. The molecule has 162 valence electrons. The standard InChI is InChI=1S/C22H25NO6.ClH/c1-12(24)23-16-8-6-13-10-19(27-3)21(28-4)22(29-5)20(13)14-7-9-18(26-2)17(25)11-15(14)16;/h7,9-11,16H,6,8H2,1-5H3,(H,23,24);1H/t16-;/m0./s1. The monoisotopic (exact) mass is 435 g/mol. The minimum Gasteiger partial charge on any atom is -0.493 e. The van der Waals surface area contributed by atoms with Crippen molar-refractivity contribution < 1.29 is 23.7 Å². The van der Waals surface area contributed by atoms with Crippen LogP contribution in [0.25, 0.3) is 11.1 Å². The van der Waals surface area contributed by atoms with Gasteiger partial charge in [0.05, 0.1) is 34.5 Å². The van der Waals surface area contributed by atoms with Gasteiger partial charge in [-0.1, -0.05) is 6.07 Å². The summed E-state index contributed by atoms with van der Waals surface area (Å²) in [6.07, 6.45) is 1.27. The molecule has 2 aromatic carbocycles. The van der Waals surface area contributed by atoms with Gasteiger partial charge in [0.15, 0.2) is 17.2 Å². The van der Waals surface area contributed by atoms with Gasteiger partial charge >= 0.3 is 0 Å². The lowest BCUT2D eigenvalue weighted by atomic mass is 9.95. The zero-order valence-electron chi connectivity index (χ0n) is 17.7. The number of rotatable bonds is 5. The average molecular weight is 436 g/mol. The van der Waals surface area contributed by atoms with E-state index in [-0.39, 0.29) is 35.5 Å². The number of carbonyl (C=O) groups excluding carboxylic acids is 1. The Bertz CT molecular complexity index is 1010. The smallest absolute Gasteiger partial charge is 0.220 e. The minimum absolute atomic E-state index is 0. The molecule has 0 saturated heterocycles. The van der Waals surface area contributed by atoms with E-state index in [1.54, 1.807) is 27.4 Å². The maximum Gasteiger partial charge on any atom is 0.220 e. The molecule has 0 spiro atoms. The van der Waals surface area contributed by atoms with Crippen molar-refractivity contribution in [3.8, 4) is 34.1 Å². The number of ether oxygens (including phenoxy) is 4. The highest BCUT2D eigenvalue weighted by Gasteiger charge is 2.29. The van der Waals surface area contributed by atoms with Crippen LogP contribution in [0.5, 0.6) is 23.0 Å². The lowest BCUT2D eigenvalue weighted by Gasteiger charge is -2.19. The van der Waals surface area contributed by atoms with Gasteiger partial charge in [-0.3, -0.25) is 9.59 Å². The van der Waals surface area contributed by atoms with Crippen molar-refractivity contribution in [1.82, 2.24) is 5.32 Å². The Hall–Kier alpha value is -2.93. The number of hydrogen-bond donors (Lipinski definition) is 1. The van der Waals surface area contributed by atoms with Crippen molar-refractivity contribution in [2.75, 3.05) is 28.4 Å². The molecule has 7 nitrogen and oxygen atoms in total. The Labute approximate surface area is 181 Å². The van der Waals surface area contributed by atoms with Gasteiger partial charge in [0.1, 0.15) is 0 Å². The van der Waals surface area contributed by atoms with Gasteiger partial charge in [-0.05, 0) is 47.7 Å². The molecule has 30 heavy (non-hydrogen) atoms. The van der Waals surface area contributed by atoms with E-state index in [0.29, 0.717) is 35.7 Å². The van der Waals surface area contributed by atoms with Crippen LogP contribution in [0, 0.1) is 0 Å². The second-order valence-corrected chi connectivity index (χ2v) is 6.75. The van der Waals surface area contributed by atoms with Crippen molar-refractivity contribution in [3.05, 3.63) is 45.6 Å². The maximum atomic E-state index is 12.6. The predicted molar refractivity (Wildman–Crippen MR) is 116 cm³/mol. The molecule has 0 unspecified atom stereocenters.